The summed E-state index contributed by atoms with van der Waals surface area (Å²) in [6.07, 6.45) is 0. The molecule has 3 rings (SSSR count). The van der Waals surface area contributed by atoms with Crippen molar-refractivity contribution in [1.29, 1.82) is 0 Å². The van der Waals surface area contributed by atoms with E-state index in [2.05, 4.69) is 35.0 Å². The van der Waals surface area contributed by atoms with Crippen LogP contribution in [0.15, 0.2) is 36.4 Å². The number of hydrogen-bond donors (Lipinski definition) is 1. The Morgan fingerprint density at radius 1 is 1.17 bits per heavy atom. The zero-order chi connectivity index (χ0) is 21.7. The number of nitrogens with one attached hydrogen (secondary N) is 1. The van der Waals surface area contributed by atoms with Gasteiger partial charge in [-0.05, 0) is 54.9 Å². The first-order valence-corrected chi connectivity index (χ1v) is 10.3. The second-order valence-electron chi connectivity index (χ2n) is 7.68. The third-order valence-corrected chi connectivity index (χ3v) is 5.59. The molecule has 0 atom stereocenters. The van der Waals surface area contributed by atoms with Gasteiger partial charge in [-0.1, -0.05) is 13.0 Å². The van der Waals surface area contributed by atoms with Crippen LogP contribution >= 0.6 is 0 Å². The number of methoxy groups -OCH3 is 1. The van der Waals surface area contributed by atoms with E-state index in [1.165, 1.54) is 23.8 Å². The number of anilines is 2. The number of nitrogens with zero attached hydrogens (tertiary/aromatic N) is 3. The first-order chi connectivity index (χ1) is 14.4. The predicted octanol–water partition coefficient (Wildman–Crippen LogP) is 3.95. The number of amides is 2. The van der Waals surface area contributed by atoms with Crippen molar-refractivity contribution in [2.75, 3.05) is 57.1 Å². The fourth-order valence-electron chi connectivity index (χ4n) is 3.77. The third kappa shape index (κ3) is 5.21. The van der Waals surface area contributed by atoms with Gasteiger partial charge in [-0.3, -0.25) is 0 Å². The highest BCUT2D eigenvalue weighted by Gasteiger charge is 2.18. The highest BCUT2D eigenvalue weighted by molar-refractivity contribution is 5.89. The van der Waals surface area contributed by atoms with Crippen molar-refractivity contribution in [3.63, 3.8) is 0 Å². The lowest BCUT2D eigenvalue weighted by atomic mass is 10.1. The van der Waals surface area contributed by atoms with Crippen LogP contribution in [0, 0.1) is 12.7 Å². The van der Waals surface area contributed by atoms with E-state index in [4.69, 9.17) is 4.74 Å². The Labute approximate surface area is 178 Å². The number of benzene rings is 2. The Morgan fingerprint density at radius 3 is 2.50 bits per heavy atom. The zero-order valence-corrected chi connectivity index (χ0v) is 18.2. The molecule has 1 aliphatic rings. The van der Waals surface area contributed by atoms with Crippen LogP contribution < -0.4 is 15.0 Å². The molecule has 162 valence electrons. The van der Waals surface area contributed by atoms with Gasteiger partial charge in [0.05, 0.1) is 7.11 Å². The summed E-state index contributed by atoms with van der Waals surface area (Å²) in [7, 11) is 3.11. The summed E-state index contributed by atoms with van der Waals surface area (Å²) < 4.78 is 18.8. The van der Waals surface area contributed by atoms with E-state index in [1.54, 1.807) is 19.2 Å². The maximum atomic E-state index is 13.9. The number of rotatable bonds is 6. The number of aryl methyl sites for hydroxylation is 1. The first kappa shape index (κ1) is 21.9. The normalized spacial score (nSPS) is 14.5. The number of halogens is 1. The van der Waals surface area contributed by atoms with Gasteiger partial charge in [-0.15, -0.1) is 0 Å². The molecule has 7 heteroatoms. The van der Waals surface area contributed by atoms with E-state index in [1.807, 2.05) is 12.1 Å². The van der Waals surface area contributed by atoms with Gasteiger partial charge in [-0.25, -0.2) is 9.18 Å². The number of hydrogen-bond acceptors (Lipinski definition) is 4. The van der Waals surface area contributed by atoms with E-state index in [-0.39, 0.29) is 11.8 Å². The van der Waals surface area contributed by atoms with Crippen LogP contribution in [0.3, 0.4) is 0 Å². The molecule has 1 N–H and O–H groups in total. The van der Waals surface area contributed by atoms with E-state index in [0.717, 1.165) is 44.0 Å². The molecule has 0 bridgehead atoms. The van der Waals surface area contributed by atoms with Crippen LogP contribution in [0.5, 0.6) is 5.75 Å². The summed E-state index contributed by atoms with van der Waals surface area (Å²) in [4.78, 5) is 18.9. The minimum atomic E-state index is -0.435. The Kier molecular flexibility index (Phi) is 7.15. The van der Waals surface area contributed by atoms with Crippen LogP contribution in [0.2, 0.25) is 0 Å². The van der Waals surface area contributed by atoms with Crippen molar-refractivity contribution in [3.8, 4) is 5.75 Å². The number of carbonyl (C=O) groups is 1. The quantitative estimate of drug-likeness (QED) is 0.778. The molecular weight excluding hydrogens is 383 g/mol. The van der Waals surface area contributed by atoms with Crippen LogP contribution in [0.4, 0.5) is 20.6 Å². The fourth-order valence-corrected chi connectivity index (χ4v) is 3.77. The van der Waals surface area contributed by atoms with Gasteiger partial charge >= 0.3 is 6.03 Å². The monoisotopic (exact) mass is 414 g/mol. The summed E-state index contributed by atoms with van der Waals surface area (Å²) in [5.74, 6) is -0.243. The molecule has 0 saturated carbocycles. The lowest BCUT2D eigenvalue weighted by Gasteiger charge is -2.36. The van der Waals surface area contributed by atoms with Crippen LogP contribution in [-0.4, -0.2) is 62.7 Å². The average molecular weight is 415 g/mol. The van der Waals surface area contributed by atoms with Gasteiger partial charge in [0.15, 0.2) is 11.6 Å². The third-order valence-electron chi connectivity index (χ3n) is 5.59. The van der Waals surface area contributed by atoms with Crippen molar-refractivity contribution in [3.05, 3.63) is 53.3 Å². The minimum Gasteiger partial charge on any atom is -0.494 e. The SMILES string of the molecule is CCN1CCN(c2ccc(NC(=O)N(C)Cc3ccc(OC)c(F)c3)cc2C)CC1. The van der Waals surface area contributed by atoms with Crippen molar-refractivity contribution < 1.29 is 13.9 Å². The lowest BCUT2D eigenvalue weighted by molar-refractivity contribution is 0.220. The van der Waals surface area contributed by atoms with Gasteiger partial charge in [0, 0.05) is 51.1 Å². The van der Waals surface area contributed by atoms with E-state index < -0.39 is 5.82 Å². The highest BCUT2D eigenvalue weighted by atomic mass is 19.1. The Morgan fingerprint density at radius 2 is 1.90 bits per heavy atom. The molecule has 1 heterocycles. The zero-order valence-electron chi connectivity index (χ0n) is 18.2. The van der Waals surface area contributed by atoms with E-state index in [9.17, 15) is 9.18 Å². The molecular formula is C23H31FN4O2. The molecule has 1 saturated heterocycles. The second kappa shape index (κ2) is 9.80. The Hall–Kier alpha value is -2.80. The topological polar surface area (TPSA) is 48.0 Å². The highest BCUT2D eigenvalue weighted by Crippen LogP contribution is 2.25. The molecule has 30 heavy (non-hydrogen) atoms. The molecule has 0 radical (unpaired) electrons. The molecule has 0 unspecified atom stereocenters. The minimum absolute atomic E-state index is 0.192. The van der Waals surface area contributed by atoms with Crippen LogP contribution in [0.25, 0.3) is 0 Å². The molecule has 2 aromatic carbocycles. The molecule has 2 amide bonds. The number of piperazine rings is 1. The van der Waals surface area contributed by atoms with E-state index >= 15 is 0 Å². The molecule has 0 aliphatic carbocycles. The van der Waals surface area contributed by atoms with Gasteiger partial charge < -0.3 is 24.8 Å². The molecule has 2 aromatic rings. The summed E-state index contributed by atoms with van der Waals surface area (Å²) in [5, 5.41) is 2.93. The van der Waals surface area contributed by atoms with Gasteiger partial charge in [-0.2, -0.15) is 0 Å². The summed E-state index contributed by atoms with van der Waals surface area (Å²) >= 11 is 0. The van der Waals surface area contributed by atoms with Crippen LogP contribution in [0.1, 0.15) is 18.1 Å². The van der Waals surface area contributed by atoms with Crippen LogP contribution in [-0.2, 0) is 6.54 Å². The van der Waals surface area contributed by atoms with Crippen molar-refractivity contribution in [1.82, 2.24) is 9.80 Å². The number of urea groups is 1. The maximum Gasteiger partial charge on any atom is 0.321 e. The van der Waals surface area contributed by atoms with Crippen molar-refractivity contribution in [2.45, 2.75) is 20.4 Å². The second-order valence-corrected chi connectivity index (χ2v) is 7.68. The Bertz CT molecular complexity index is 882. The van der Waals surface area contributed by atoms with Gasteiger partial charge in [0.25, 0.3) is 0 Å². The Balaban J connectivity index is 1.59. The van der Waals surface area contributed by atoms with Gasteiger partial charge in [0.1, 0.15) is 0 Å². The molecule has 1 aliphatic heterocycles. The molecule has 1 fully saturated rings. The largest absolute Gasteiger partial charge is 0.494 e. The number of ether oxygens (including phenoxy) is 1. The van der Waals surface area contributed by atoms with E-state index in [0.29, 0.717) is 12.1 Å². The standard InChI is InChI=1S/C23H31FN4O2/c1-5-27-10-12-28(13-11-27)21-8-7-19(14-17(21)2)25-23(29)26(3)16-18-6-9-22(30-4)20(24)15-18/h6-9,14-15H,5,10-13,16H2,1-4H3,(H,25,29). The maximum absolute atomic E-state index is 13.9. The molecule has 0 spiro atoms. The van der Waals surface area contributed by atoms with Crippen molar-refractivity contribution in [2.24, 2.45) is 0 Å². The summed E-state index contributed by atoms with van der Waals surface area (Å²) in [6, 6.07) is 10.5. The summed E-state index contributed by atoms with van der Waals surface area (Å²) in [5.41, 5.74) is 3.80. The summed E-state index contributed by atoms with van der Waals surface area (Å²) in [6.45, 7) is 9.83. The lowest BCUT2D eigenvalue weighted by Crippen LogP contribution is -2.46. The number of carbonyl (C=O) groups excluding carboxylic acids is 1. The molecule has 0 aromatic heterocycles. The smallest absolute Gasteiger partial charge is 0.321 e. The average Bonchev–Trinajstić information content (AvgIpc) is 2.74. The van der Waals surface area contributed by atoms with Crippen molar-refractivity contribution >= 4 is 17.4 Å². The van der Waals surface area contributed by atoms with Gasteiger partial charge in [0.2, 0.25) is 0 Å². The predicted molar refractivity (Wildman–Crippen MR) is 119 cm³/mol. The first-order valence-electron chi connectivity index (χ1n) is 10.3. The molecule has 6 nitrogen and oxygen atoms in total. The fraction of sp³-hybridized carbons (Fsp3) is 0.435. The number of likely N-dealkylation sites (N-methyl/N-ethyl adjacent to an activating group) is 1.